The van der Waals surface area contributed by atoms with E-state index >= 15 is 0 Å². The lowest BCUT2D eigenvalue weighted by molar-refractivity contribution is 0.211. The van der Waals surface area contributed by atoms with Crippen molar-refractivity contribution in [2.75, 3.05) is 5.73 Å². The summed E-state index contributed by atoms with van der Waals surface area (Å²) in [5, 5.41) is 0. The van der Waals surface area contributed by atoms with Gasteiger partial charge in [0.05, 0.1) is 0 Å². The number of halogens is 1. The maximum absolute atomic E-state index is 13.8. The molecule has 98 valence electrons. The molecule has 1 atom stereocenters. The van der Waals surface area contributed by atoms with Gasteiger partial charge in [0.1, 0.15) is 5.82 Å². The highest BCUT2D eigenvalue weighted by Gasteiger charge is 2.25. The highest BCUT2D eigenvalue weighted by molar-refractivity contribution is 5.46. The molecule has 2 aromatic carbocycles. The number of fused-ring (bicyclic) bond motifs is 1. The molecule has 0 radical (unpaired) electrons. The normalized spacial score (nSPS) is 16.3. The van der Waals surface area contributed by atoms with E-state index in [1.807, 2.05) is 31.2 Å². The second-order valence-electron chi connectivity index (χ2n) is 5.13. The van der Waals surface area contributed by atoms with E-state index in [-0.39, 0.29) is 11.9 Å². The Balaban J connectivity index is 1.85. The number of nitrogens with two attached hydrogens (primary N) is 1. The predicted molar refractivity (Wildman–Crippen MR) is 74.9 cm³/mol. The molecule has 1 aliphatic heterocycles. The molecule has 1 aliphatic rings. The standard InChI is InChI=1S/C16H17FN2/c1-11(15-4-2-3-5-16(15)17)19-9-12-6-7-14(18)8-13(12)10-19/h2-8,11H,9-10,18H2,1H3. The number of rotatable bonds is 2. The Bertz CT molecular complexity index is 609. The Labute approximate surface area is 112 Å². The van der Waals surface area contributed by atoms with Gasteiger partial charge < -0.3 is 5.73 Å². The Morgan fingerprint density at radius 2 is 1.84 bits per heavy atom. The zero-order valence-corrected chi connectivity index (χ0v) is 10.9. The first kappa shape index (κ1) is 12.2. The van der Waals surface area contributed by atoms with Crippen LogP contribution in [-0.4, -0.2) is 4.90 Å². The second kappa shape index (κ2) is 4.67. The van der Waals surface area contributed by atoms with Gasteiger partial charge in [-0.05, 0) is 36.2 Å². The summed E-state index contributed by atoms with van der Waals surface area (Å²) in [5.74, 6) is -0.134. The first-order valence-electron chi connectivity index (χ1n) is 6.51. The van der Waals surface area contributed by atoms with Crippen molar-refractivity contribution in [3.63, 3.8) is 0 Å². The average molecular weight is 256 g/mol. The summed E-state index contributed by atoms with van der Waals surface area (Å²) in [5.41, 5.74) is 9.90. The molecule has 3 rings (SSSR count). The van der Waals surface area contributed by atoms with Crippen molar-refractivity contribution >= 4 is 5.69 Å². The lowest BCUT2D eigenvalue weighted by atomic mass is 10.1. The molecule has 0 fully saturated rings. The summed E-state index contributed by atoms with van der Waals surface area (Å²) in [6.45, 7) is 3.73. The van der Waals surface area contributed by atoms with Gasteiger partial charge in [0.2, 0.25) is 0 Å². The summed E-state index contributed by atoms with van der Waals surface area (Å²) in [7, 11) is 0. The summed E-state index contributed by atoms with van der Waals surface area (Å²) in [6.07, 6.45) is 0. The molecule has 1 heterocycles. The molecule has 0 saturated carbocycles. The van der Waals surface area contributed by atoms with E-state index in [0.717, 1.165) is 24.3 Å². The molecule has 2 N–H and O–H groups in total. The van der Waals surface area contributed by atoms with E-state index in [4.69, 9.17) is 5.73 Å². The minimum atomic E-state index is -0.134. The van der Waals surface area contributed by atoms with Crippen LogP contribution in [0.1, 0.15) is 29.7 Å². The van der Waals surface area contributed by atoms with E-state index in [9.17, 15) is 4.39 Å². The fourth-order valence-electron chi connectivity index (χ4n) is 2.73. The van der Waals surface area contributed by atoms with E-state index in [1.165, 1.54) is 17.2 Å². The van der Waals surface area contributed by atoms with Gasteiger partial charge in [-0.25, -0.2) is 4.39 Å². The van der Waals surface area contributed by atoms with Crippen molar-refractivity contribution in [3.8, 4) is 0 Å². The maximum atomic E-state index is 13.8. The summed E-state index contributed by atoms with van der Waals surface area (Å²) in [6, 6.07) is 13.1. The third-order valence-corrected chi connectivity index (χ3v) is 3.88. The smallest absolute Gasteiger partial charge is 0.127 e. The second-order valence-corrected chi connectivity index (χ2v) is 5.13. The van der Waals surface area contributed by atoms with E-state index in [1.54, 1.807) is 6.07 Å². The molecule has 1 unspecified atom stereocenters. The number of hydrogen-bond acceptors (Lipinski definition) is 2. The predicted octanol–water partition coefficient (Wildman–Crippen LogP) is 3.48. The molecule has 19 heavy (non-hydrogen) atoms. The van der Waals surface area contributed by atoms with E-state index in [0.29, 0.717) is 0 Å². The molecule has 0 bridgehead atoms. The van der Waals surface area contributed by atoms with Gasteiger partial charge in [-0.2, -0.15) is 0 Å². The third kappa shape index (κ3) is 2.22. The van der Waals surface area contributed by atoms with Crippen LogP contribution in [0.15, 0.2) is 42.5 Å². The number of hydrogen-bond donors (Lipinski definition) is 1. The van der Waals surface area contributed by atoms with Gasteiger partial charge in [0, 0.05) is 30.4 Å². The monoisotopic (exact) mass is 256 g/mol. The van der Waals surface area contributed by atoms with Crippen LogP contribution in [0, 0.1) is 5.82 Å². The Kier molecular flexibility index (Phi) is 2.99. The Morgan fingerprint density at radius 1 is 1.11 bits per heavy atom. The molecule has 3 heteroatoms. The Morgan fingerprint density at radius 3 is 2.63 bits per heavy atom. The maximum Gasteiger partial charge on any atom is 0.127 e. The molecule has 0 amide bonds. The minimum absolute atomic E-state index is 0.0647. The molecular formula is C16H17FN2. The SMILES string of the molecule is CC(c1ccccc1F)N1Cc2ccc(N)cc2C1. The summed E-state index contributed by atoms with van der Waals surface area (Å²) in [4.78, 5) is 2.27. The van der Waals surface area contributed by atoms with Crippen LogP contribution in [0.2, 0.25) is 0 Å². The van der Waals surface area contributed by atoms with Crippen molar-refractivity contribution < 1.29 is 4.39 Å². The van der Waals surface area contributed by atoms with Crippen LogP contribution >= 0.6 is 0 Å². The van der Waals surface area contributed by atoms with Gasteiger partial charge in [-0.3, -0.25) is 4.90 Å². The minimum Gasteiger partial charge on any atom is -0.399 e. The molecule has 0 saturated heterocycles. The molecular weight excluding hydrogens is 239 g/mol. The van der Waals surface area contributed by atoms with Crippen LogP contribution in [0.3, 0.4) is 0 Å². The van der Waals surface area contributed by atoms with Crippen LogP contribution in [0.5, 0.6) is 0 Å². The highest BCUT2D eigenvalue weighted by Crippen LogP contribution is 2.32. The topological polar surface area (TPSA) is 29.3 Å². The van der Waals surface area contributed by atoms with Crippen molar-refractivity contribution in [2.45, 2.75) is 26.1 Å². The third-order valence-electron chi connectivity index (χ3n) is 3.88. The lowest BCUT2D eigenvalue weighted by Crippen LogP contribution is -2.21. The van der Waals surface area contributed by atoms with Crippen LogP contribution in [0.25, 0.3) is 0 Å². The Hall–Kier alpha value is -1.87. The number of anilines is 1. The van der Waals surface area contributed by atoms with E-state index in [2.05, 4.69) is 11.0 Å². The van der Waals surface area contributed by atoms with Gasteiger partial charge in [0.15, 0.2) is 0 Å². The zero-order chi connectivity index (χ0) is 13.4. The van der Waals surface area contributed by atoms with Crippen molar-refractivity contribution in [3.05, 3.63) is 65.0 Å². The first-order valence-corrected chi connectivity index (χ1v) is 6.51. The summed E-state index contributed by atoms with van der Waals surface area (Å²) < 4.78 is 13.8. The van der Waals surface area contributed by atoms with Crippen molar-refractivity contribution in [2.24, 2.45) is 0 Å². The van der Waals surface area contributed by atoms with Gasteiger partial charge in [0.25, 0.3) is 0 Å². The molecule has 0 aromatic heterocycles. The zero-order valence-electron chi connectivity index (χ0n) is 10.9. The fraction of sp³-hybridized carbons (Fsp3) is 0.250. The van der Waals surface area contributed by atoms with Crippen molar-refractivity contribution in [1.29, 1.82) is 0 Å². The first-order chi connectivity index (χ1) is 9.15. The average Bonchev–Trinajstić information content (AvgIpc) is 2.81. The van der Waals surface area contributed by atoms with Gasteiger partial charge in [-0.15, -0.1) is 0 Å². The molecule has 0 aliphatic carbocycles. The number of nitrogen functional groups attached to an aromatic ring is 1. The fourth-order valence-corrected chi connectivity index (χ4v) is 2.73. The summed E-state index contributed by atoms with van der Waals surface area (Å²) >= 11 is 0. The highest BCUT2D eigenvalue weighted by atomic mass is 19.1. The number of benzene rings is 2. The van der Waals surface area contributed by atoms with E-state index < -0.39 is 0 Å². The quantitative estimate of drug-likeness (QED) is 0.833. The van der Waals surface area contributed by atoms with Crippen molar-refractivity contribution in [1.82, 2.24) is 4.90 Å². The van der Waals surface area contributed by atoms with Crippen LogP contribution in [0.4, 0.5) is 10.1 Å². The van der Waals surface area contributed by atoms with Crippen LogP contribution in [-0.2, 0) is 13.1 Å². The van der Waals surface area contributed by atoms with Crippen LogP contribution < -0.4 is 5.73 Å². The largest absolute Gasteiger partial charge is 0.399 e. The lowest BCUT2D eigenvalue weighted by Gasteiger charge is -2.24. The molecule has 2 aromatic rings. The molecule has 2 nitrogen and oxygen atoms in total. The molecule has 0 spiro atoms. The van der Waals surface area contributed by atoms with Gasteiger partial charge >= 0.3 is 0 Å². The van der Waals surface area contributed by atoms with Gasteiger partial charge in [-0.1, -0.05) is 24.3 Å². The number of nitrogens with zero attached hydrogens (tertiary/aromatic N) is 1.